The maximum Gasteiger partial charge on any atom is 0.264 e. The molecule has 2 aromatic rings. The highest BCUT2D eigenvalue weighted by atomic mass is 32.2. The van der Waals surface area contributed by atoms with Crippen LogP contribution < -0.4 is 10.0 Å². The Morgan fingerprint density at radius 3 is 2.20 bits per heavy atom. The van der Waals surface area contributed by atoms with Crippen molar-refractivity contribution in [1.29, 1.82) is 0 Å². The number of benzene rings is 1. The van der Waals surface area contributed by atoms with Gasteiger partial charge in [-0.15, -0.1) is 0 Å². The highest BCUT2D eigenvalue weighted by Gasteiger charge is 2.16. The molecule has 0 bridgehead atoms. The molecule has 8 heteroatoms. The van der Waals surface area contributed by atoms with Crippen LogP contribution in [0.15, 0.2) is 41.4 Å². The van der Waals surface area contributed by atoms with E-state index in [1.54, 1.807) is 25.1 Å². The first-order valence-electron chi connectivity index (χ1n) is 10.6. The number of hydrogen-bond donors (Lipinski definition) is 2. The topological polar surface area (TPSA) is 101 Å². The minimum Gasteiger partial charge on any atom is -0.326 e. The highest BCUT2D eigenvalue weighted by Crippen LogP contribution is 2.17. The average molecular weight is 433 g/mol. The van der Waals surface area contributed by atoms with E-state index in [2.05, 4.69) is 26.9 Å². The fraction of sp³-hybridized carbons (Fsp3) is 0.500. The van der Waals surface area contributed by atoms with E-state index in [9.17, 15) is 13.2 Å². The summed E-state index contributed by atoms with van der Waals surface area (Å²) in [6, 6.07) is 7.74. The highest BCUT2D eigenvalue weighted by molar-refractivity contribution is 7.92. The molecule has 1 aromatic carbocycles. The summed E-state index contributed by atoms with van der Waals surface area (Å²) in [6.45, 7) is 3.97. The number of amides is 1. The van der Waals surface area contributed by atoms with Gasteiger partial charge in [0.15, 0.2) is 0 Å². The summed E-state index contributed by atoms with van der Waals surface area (Å²) in [7, 11) is -3.79. The molecular weight excluding hydrogens is 400 g/mol. The van der Waals surface area contributed by atoms with Crippen molar-refractivity contribution >= 4 is 27.6 Å². The van der Waals surface area contributed by atoms with Gasteiger partial charge in [-0.25, -0.2) is 23.1 Å². The van der Waals surface area contributed by atoms with Crippen LogP contribution in [0.25, 0.3) is 0 Å². The van der Waals surface area contributed by atoms with Crippen LogP contribution in [0.2, 0.25) is 0 Å². The summed E-state index contributed by atoms with van der Waals surface area (Å²) in [5, 5.41) is 2.82. The Morgan fingerprint density at radius 1 is 0.933 bits per heavy atom. The van der Waals surface area contributed by atoms with E-state index in [4.69, 9.17) is 0 Å². The number of carbonyl (C=O) groups excluding carboxylic acids is 1. The van der Waals surface area contributed by atoms with Gasteiger partial charge >= 0.3 is 0 Å². The van der Waals surface area contributed by atoms with E-state index in [0.29, 0.717) is 17.8 Å². The van der Waals surface area contributed by atoms with Gasteiger partial charge < -0.3 is 5.32 Å². The lowest BCUT2D eigenvalue weighted by Crippen LogP contribution is -2.15. The number of aryl methyl sites for hydroxylation is 1. The molecule has 0 aliphatic heterocycles. The van der Waals surface area contributed by atoms with E-state index in [0.717, 1.165) is 12.8 Å². The second kappa shape index (κ2) is 12.3. The zero-order valence-electron chi connectivity index (χ0n) is 17.9. The van der Waals surface area contributed by atoms with E-state index in [1.165, 1.54) is 56.9 Å². The number of hydrogen-bond acceptors (Lipinski definition) is 5. The predicted molar refractivity (Wildman–Crippen MR) is 120 cm³/mol. The first kappa shape index (κ1) is 23.8. The van der Waals surface area contributed by atoms with Gasteiger partial charge in [-0.2, -0.15) is 0 Å². The first-order valence-corrected chi connectivity index (χ1v) is 12.1. The van der Waals surface area contributed by atoms with Gasteiger partial charge in [0.25, 0.3) is 10.0 Å². The van der Waals surface area contributed by atoms with Crippen molar-refractivity contribution in [3.63, 3.8) is 0 Å². The summed E-state index contributed by atoms with van der Waals surface area (Å²) in [4.78, 5) is 20.1. The SMILES string of the molecule is CCCCCCCCCCC(=O)Nc1ccc(S(=O)(=O)Nc2nccc(C)n2)cc1. The van der Waals surface area contributed by atoms with E-state index in [-0.39, 0.29) is 16.8 Å². The molecule has 0 aliphatic carbocycles. The molecule has 7 nitrogen and oxygen atoms in total. The number of rotatable bonds is 13. The summed E-state index contributed by atoms with van der Waals surface area (Å²) < 4.78 is 27.3. The molecule has 1 amide bonds. The molecule has 1 aromatic heterocycles. The normalized spacial score (nSPS) is 11.3. The van der Waals surface area contributed by atoms with E-state index < -0.39 is 10.0 Å². The molecule has 0 radical (unpaired) electrons. The van der Waals surface area contributed by atoms with Gasteiger partial charge in [-0.3, -0.25) is 4.79 Å². The van der Waals surface area contributed by atoms with Crippen molar-refractivity contribution in [2.24, 2.45) is 0 Å². The molecule has 0 unspecified atom stereocenters. The Hall–Kier alpha value is -2.48. The lowest BCUT2D eigenvalue weighted by atomic mass is 10.1. The molecule has 2 rings (SSSR count). The first-order chi connectivity index (χ1) is 14.4. The third kappa shape index (κ3) is 8.49. The molecule has 2 N–H and O–H groups in total. The number of aromatic nitrogens is 2. The number of anilines is 2. The maximum absolute atomic E-state index is 12.5. The van der Waals surface area contributed by atoms with Crippen LogP contribution in [0.4, 0.5) is 11.6 Å². The zero-order chi connectivity index (χ0) is 21.8. The van der Waals surface area contributed by atoms with Gasteiger partial charge in [0.2, 0.25) is 11.9 Å². The molecule has 0 saturated carbocycles. The minimum atomic E-state index is -3.79. The summed E-state index contributed by atoms with van der Waals surface area (Å²) in [5.74, 6) is -0.0272. The smallest absolute Gasteiger partial charge is 0.264 e. The van der Waals surface area contributed by atoms with Crippen LogP contribution in [0.3, 0.4) is 0 Å². The van der Waals surface area contributed by atoms with E-state index in [1.807, 2.05) is 0 Å². The Kier molecular flexibility index (Phi) is 9.73. The fourth-order valence-corrected chi connectivity index (χ4v) is 3.99. The Balaban J connectivity index is 1.76. The van der Waals surface area contributed by atoms with Crippen LogP contribution in [0.1, 0.15) is 70.4 Å². The standard InChI is InChI=1S/C22H32N4O3S/c1-3-4-5-6-7-8-9-10-11-21(27)25-19-12-14-20(15-13-19)30(28,29)26-22-23-17-16-18(2)24-22/h12-17H,3-11H2,1-2H3,(H,25,27)(H,23,24,26). The molecule has 0 fully saturated rings. The van der Waals surface area contributed by atoms with Gasteiger partial charge in [-0.1, -0.05) is 51.9 Å². The molecule has 0 saturated heterocycles. The Morgan fingerprint density at radius 2 is 1.57 bits per heavy atom. The van der Waals surface area contributed by atoms with Gasteiger partial charge in [0.05, 0.1) is 4.90 Å². The summed E-state index contributed by atoms with van der Waals surface area (Å²) >= 11 is 0. The quantitative estimate of drug-likeness (QED) is 0.431. The zero-order valence-corrected chi connectivity index (χ0v) is 18.7. The number of sulfonamides is 1. The van der Waals surface area contributed by atoms with Crippen LogP contribution in [0, 0.1) is 6.92 Å². The molecule has 1 heterocycles. The fourth-order valence-electron chi connectivity index (χ4n) is 3.04. The summed E-state index contributed by atoms with van der Waals surface area (Å²) in [5.41, 5.74) is 1.24. The van der Waals surface area contributed by atoms with Crippen molar-refractivity contribution in [2.75, 3.05) is 10.0 Å². The Labute approximate surface area is 179 Å². The lowest BCUT2D eigenvalue weighted by molar-refractivity contribution is -0.116. The molecule has 0 spiro atoms. The number of carbonyl (C=O) groups is 1. The second-order valence-electron chi connectivity index (χ2n) is 7.42. The van der Waals surface area contributed by atoms with E-state index >= 15 is 0 Å². The molecule has 164 valence electrons. The van der Waals surface area contributed by atoms with Gasteiger partial charge in [-0.05, 0) is 43.7 Å². The third-order valence-corrected chi connectivity index (χ3v) is 6.07. The average Bonchev–Trinajstić information content (AvgIpc) is 2.70. The molecule has 0 aliphatic rings. The third-order valence-electron chi connectivity index (χ3n) is 4.73. The molecule has 0 atom stereocenters. The summed E-state index contributed by atoms with van der Waals surface area (Å²) in [6.07, 6.45) is 11.4. The van der Waals surface area contributed by atoms with Crippen molar-refractivity contribution < 1.29 is 13.2 Å². The van der Waals surface area contributed by atoms with Gasteiger partial charge in [0, 0.05) is 24.0 Å². The van der Waals surface area contributed by atoms with Crippen LogP contribution in [-0.4, -0.2) is 24.3 Å². The number of nitrogens with one attached hydrogen (secondary N) is 2. The largest absolute Gasteiger partial charge is 0.326 e. The number of nitrogens with zero attached hydrogens (tertiary/aromatic N) is 2. The van der Waals surface area contributed by atoms with Crippen molar-refractivity contribution in [1.82, 2.24) is 9.97 Å². The van der Waals surface area contributed by atoms with Crippen molar-refractivity contribution in [3.8, 4) is 0 Å². The van der Waals surface area contributed by atoms with Gasteiger partial charge in [0.1, 0.15) is 0 Å². The molecule has 30 heavy (non-hydrogen) atoms. The minimum absolute atomic E-state index is 0.0257. The number of unbranched alkanes of at least 4 members (excludes halogenated alkanes) is 7. The Bertz CT molecular complexity index is 899. The van der Waals surface area contributed by atoms with Crippen LogP contribution in [-0.2, 0) is 14.8 Å². The molecular formula is C22H32N4O3S. The van der Waals surface area contributed by atoms with Crippen LogP contribution in [0.5, 0.6) is 0 Å². The monoisotopic (exact) mass is 432 g/mol. The van der Waals surface area contributed by atoms with Crippen LogP contribution >= 0.6 is 0 Å². The van der Waals surface area contributed by atoms with Crippen molar-refractivity contribution in [3.05, 3.63) is 42.2 Å². The van der Waals surface area contributed by atoms with Crippen molar-refractivity contribution in [2.45, 2.75) is 76.5 Å². The second-order valence-corrected chi connectivity index (χ2v) is 9.11. The maximum atomic E-state index is 12.5. The lowest BCUT2D eigenvalue weighted by Gasteiger charge is -2.09. The predicted octanol–water partition coefficient (Wildman–Crippen LogP) is 5.06.